The fourth-order valence-electron chi connectivity index (χ4n) is 4.49. The van der Waals surface area contributed by atoms with Crippen LogP contribution in [0.1, 0.15) is 36.0 Å². The number of aryl methyl sites for hydroxylation is 1. The van der Waals surface area contributed by atoms with E-state index in [1.54, 1.807) is 4.52 Å². The van der Waals surface area contributed by atoms with E-state index in [-0.39, 0.29) is 18.6 Å². The van der Waals surface area contributed by atoms with E-state index in [2.05, 4.69) is 40.6 Å². The number of fused-ring (bicyclic) bond motifs is 4. The molecule has 2 aromatic carbocycles. The molecule has 0 spiro atoms. The monoisotopic (exact) mass is 429 g/mol. The SMILES string of the molecule is Cc1ccc2c(c1)cc(CN(Cc1ccc3c(c1)OCO3)C(=O)C1CCC1)c1nnnn12. The smallest absolute Gasteiger partial charge is 0.231 e. The molecule has 0 atom stereocenters. The number of hydrogen-bond acceptors (Lipinski definition) is 6. The predicted octanol–water partition coefficient (Wildman–Crippen LogP) is 3.64. The number of pyridine rings is 1. The van der Waals surface area contributed by atoms with Crippen LogP contribution in [0.2, 0.25) is 0 Å². The zero-order chi connectivity index (χ0) is 21.7. The average Bonchev–Trinajstić information content (AvgIpc) is 3.41. The van der Waals surface area contributed by atoms with E-state index in [1.807, 2.05) is 29.2 Å². The van der Waals surface area contributed by atoms with Gasteiger partial charge in [-0.05, 0) is 66.1 Å². The minimum absolute atomic E-state index is 0.0960. The second kappa shape index (κ2) is 7.47. The molecule has 8 nitrogen and oxygen atoms in total. The molecule has 8 heteroatoms. The van der Waals surface area contributed by atoms with Crippen molar-refractivity contribution in [2.75, 3.05) is 6.79 Å². The van der Waals surface area contributed by atoms with Gasteiger partial charge in [-0.15, -0.1) is 5.10 Å². The van der Waals surface area contributed by atoms with Crippen LogP contribution in [0.3, 0.4) is 0 Å². The number of carbonyl (C=O) groups excluding carboxylic acids is 1. The Morgan fingerprint density at radius 1 is 1.09 bits per heavy atom. The molecular weight excluding hydrogens is 406 g/mol. The van der Waals surface area contributed by atoms with E-state index in [1.165, 1.54) is 5.56 Å². The highest BCUT2D eigenvalue weighted by atomic mass is 16.7. The molecule has 0 bridgehead atoms. The van der Waals surface area contributed by atoms with Crippen molar-refractivity contribution in [1.29, 1.82) is 0 Å². The van der Waals surface area contributed by atoms with Crippen LogP contribution in [-0.4, -0.2) is 37.6 Å². The van der Waals surface area contributed by atoms with Crippen LogP contribution in [0.4, 0.5) is 0 Å². The van der Waals surface area contributed by atoms with Gasteiger partial charge in [-0.2, -0.15) is 4.52 Å². The number of benzene rings is 2. The van der Waals surface area contributed by atoms with Gasteiger partial charge >= 0.3 is 0 Å². The summed E-state index contributed by atoms with van der Waals surface area (Å²) in [5, 5.41) is 13.4. The number of ether oxygens (including phenoxy) is 2. The third-order valence-corrected chi connectivity index (χ3v) is 6.44. The Morgan fingerprint density at radius 2 is 1.97 bits per heavy atom. The second-order valence-corrected chi connectivity index (χ2v) is 8.66. The van der Waals surface area contributed by atoms with Crippen molar-refractivity contribution in [3.05, 3.63) is 59.2 Å². The highest BCUT2D eigenvalue weighted by molar-refractivity contribution is 5.84. The molecule has 3 heterocycles. The lowest BCUT2D eigenvalue weighted by Gasteiger charge is -2.32. The second-order valence-electron chi connectivity index (χ2n) is 8.66. The number of aromatic nitrogens is 4. The Labute approximate surface area is 184 Å². The van der Waals surface area contributed by atoms with Crippen LogP contribution in [0.15, 0.2) is 42.5 Å². The number of nitrogens with zero attached hydrogens (tertiary/aromatic N) is 5. The Hall–Kier alpha value is -3.68. The topological polar surface area (TPSA) is 81.9 Å². The minimum Gasteiger partial charge on any atom is -0.454 e. The largest absolute Gasteiger partial charge is 0.454 e. The Balaban J connectivity index is 1.38. The van der Waals surface area contributed by atoms with Gasteiger partial charge in [-0.1, -0.05) is 24.1 Å². The first kappa shape index (κ1) is 19.0. The van der Waals surface area contributed by atoms with E-state index in [0.717, 1.165) is 52.8 Å². The lowest BCUT2D eigenvalue weighted by atomic mass is 9.84. The fraction of sp³-hybridized carbons (Fsp3) is 0.333. The zero-order valence-corrected chi connectivity index (χ0v) is 17.8. The van der Waals surface area contributed by atoms with Crippen LogP contribution in [0.25, 0.3) is 16.6 Å². The first-order valence-corrected chi connectivity index (χ1v) is 10.9. The number of amides is 1. The third kappa shape index (κ3) is 3.23. The van der Waals surface area contributed by atoms with Crippen LogP contribution in [0.5, 0.6) is 11.5 Å². The fourth-order valence-corrected chi connectivity index (χ4v) is 4.49. The maximum Gasteiger partial charge on any atom is 0.231 e. The van der Waals surface area contributed by atoms with Crippen LogP contribution >= 0.6 is 0 Å². The summed E-state index contributed by atoms with van der Waals surface area (Å²) >= 11 is 0. The molecule has 2 aliphatic rings. The van der Waals surface area contributed by atoms with Gasteiger partial charge in [-0.25, -0.2) is 0 Å². The van der Waals surface area contributed by atoms with Gasteiger partial charge in [0, 0.05) is 30.0 Å². The average molecular weight is 429 g/mol. The summed E-state index contributed by atoms with van der Waals surface area (Å²) in [6, 6.07) is 14.2. The first-order valence-electron chi connectivity index (χ1n) is 10.9. The molecule has 2 aromatic heterocycles. The zero-order valence-electron chi connectivity index (χ0n) is 17.8. The molecule has 6 rings (SSSR count). The van der Waals surface area contributed by atoms with Gasteiger partial charge in [0.2, 0.25) is 12.7 Å². The Morgan fingerprint density at radius 3 is 2.81 bits per heavy atom. The summed E-state index contributed by atoms with van der Waals surface area (Å²) in [6.45, 7) is 3.23. The summed E-state index contributed by atoms with van der Waals surface area (Å²) in [6.07, 6.45) is 3.02. The van der Waals surface area contributed by atoms with E-state index >= 15 is 0 Å². The van der Waals surface area contributed by atoms with E-state index in [4.69, 9.17) is 9.47 Å². The summed E-state index contributed by atoms with van der Waals surface area (Å²) in [7, 11) is 0. The molecule has 1 saturated carbocycles. The summed E-state index contributed by atoms with van der Waals surface area (Å²) in [5.74, 6) is 1.75. The third-order valence-electron chi connectivity index (χ3n) is 6.44. The molecule has 0 N–H and O–H groups in total. The molecule has 4 aromatic rings. The van der Waals surface area contributed by atoms with Gasteiger partial charge in [0.25, 0.3) is 0 Å². The molecule has 1 aliphatic heterocycles. The van der Waals surface area contributed by atoms with Gasteiger partial charge in [0.15, 0.2) is 17.1 Å². The van der Waals surface area contributed by atoms with Crippen molar-refractivity contribution < 1.29 is 14.3 Å². The van der Waals surface area contributed by atoms with Crippen molar-refractivity contribution in [3.8, 4) is 11.5 Å². The van der Waals surface area contributed by atoms with Crippen molar-refractivity contribution >= 4 is 22.5 Å². The number of carbonyl (C=O) groups is 1. The van der Waals surface area contributed by atoms with Crippen molar-refractivity contribution in [1.82, 2.24) is 24.9 Å². The lowest BCUT2D eigenvalue weighted by molar-refractivity contribution is -0.139. The van der Waals surface area contributed by atoms with Crippen molar-refractivity contribution in [2.45, 2.75) is 39.3 Å². The minimum atomic E-state index is 0.0960. The van der Waals surface area contributed by atoms with Gasteiger partial charge in [-0.3, -0.25) is 4.79 Å². The van der Waals surface area contributed by atoms with E-state index in [0.29, 0.717) is 18.7 Å². The van der Waals surface area contributed by atoms with E-state index in [9.17, 15) is 4.79 Å². The van der Waals surface area contributed by atoms with Crippen LogP contribution in [-0.2, 0) is 17.9 Å². The highest BCUT2D eigenvalue weighted by Crippen LogP contribution is 2.34. The summed E-state index contributed by atoms with van der Waals surface area (Å²) in [5.41, 5.74) is 4.74. The van der Waals surface area contributed by atoms with Gasteiger partial charge in [0.05, 0.1) is 5.52 Å². The molecule has 1 fully saturated rings. The summed E-state index contributed by atoms with van der Waals surface area (Å²) in [4.78, 5) is 15.3. The van der Waals surface area contributed by atoms with Crippen molar-refractivity contribution in [3.63, 3.8) is 0 Å². The normalized spacial score (nSPS) is 15.3. The lowest BCUT2D eigenvalue weighted by Crippen LogP contribution is -2.38. The molecule has 1 amide bonds. The van der Waals surface area contributed by atoms with Crippen LogP contribution in [0, 0.1) is 12.8 Å². The number of rotatable bonds is 5. The standard InChI is InChI=1S/C24H23N5O3/c1-15-5-7-20-18(9-15)11-19(23-25-26-27-29(20)23)13-28(24(30)17-3-2-4-17)12-16-6-8-21-22(10-16)32-14-31-21/h5-11,17H,2-4,12-14H2,1H3. The summed E-state index contributed by atoms with van der Waals surface area (Å²) < 4.78 is 12.7. The molecular formula is C24H23N5O3. The number of hydrogen-bond donors (Lipinski definition) is 0. The molecule has 162 valence electrons. The molecule has 32 heavy (non-hydrogen) atoms. The van der Waals surface area contributed by atoms with Crippen molar-refractivity contribution in [2.24, 2.45) is 5.92 Å². The first-order chi connectivity index (χ1) is 15.7. The predicted molar refractivity (Wildman–Crippen MR) is 117 cm³/mol. The van der Waals surface area contributed by atoms with Gasteiger partial charge < -0.3 is 14.4 Å². The quantitative estimate of drug-likeness (QED) is 0.482. The van der Waals surface area contributed by atoms with Gasteiger partial charge in [0.1, 0.15) is 0 Å². The molecule has 0 unspecified atom stereocenters. The molecule has 0 saturated heterocycles. The maximum absolute atomic E-state index is 13.4. The molecule has 0 radical (unpaired) electrons. The molecule has 1 aliphatic carbocycles. The van der Waals surface area contributed by atoms with Crippen LogP contribution < -0.4 is 9.47 Å². The highest BCUT2D eigenvalue weighted by Gasteiger charge is 2.30. The number of tetrazole rings is 1. The Bertz CT molecular complexity index is 1340. The maximum atomic E-state index is 13.4. The van der Waals surface area contributed by atoms with E-state index < -0.39 is 0 Å². The Kier molecular flexibility index (Phi) is 4.45.